The first-order valence-electron chi connectivity index (χ1n) is 5.89. The molecule has 18 heavy (non-hydrogen) atoms. The van der Waals surface area contributed by atoms with E-state index in [4.69, 9.17) is 0 Å². The molecule has 0 radical (unpaired) electrons. The summed E-state index contributed by atoms with van der Waals surface area (Å²) in [5, 5.41) is 0.997. The number of unbranched alkanes of at least 4 members (excludes halogenated alkanes) is 2. The van der Waals surface area contributed by atoms with Crippen molar-refractivity contribution >= 4 is 21.6 Å². The molecule has 0 saturated carbocycles. The molecule has 0 saturated heterocycles. The normalized spacial score (nSPS) is 11.6. The quantitative estimate of drug-likeness (QED) is 0.541. The minimum Gasteiger partial charge on any atom is -0.375 e. The molecule has 0 spiro atoms. The molecule has 1 rings (SSSR count). The summed E-state index contributed by atoms with van der Waals surface area (Å²) in [6, 6.07) is 5.30. The minimum absolute atomic E-state index is 0.598. The molecule has 0 aromatic heterocycles. The van der Waals surface area contributed by atoms with Crippen molar-refractivity contribution in [3.63, 3.8) is 0 Å². The SMILES string of the molecule is CN(CCCCCBr)c1ccc(C(F)(F)F)cc1. The van der Waals surface area contributed by atoms with Crippen molar-refractivity contribution in [3.8, 4) is 0 Å². The van der Waals surface area contributed by atoms with E-state index in [0.717, 1.165) is 49.0 Å². The summed E-state index contributed by atoms with van der Waals surface area (Å²) in [6.07, 6.45) is -0.965. The van der Waals surface area contributed by atoms with Crippen LogP contribution in [-0.2, 0) is 6.18 Å². The Labute approximate surface area is 114 Å². The lowest BCUT2D eigenvalue weighted by Gasteiger charge is -2.19. The summed E-state index contributed by atoms with van der Waals surface area (Å²) in [7, 11) is 1.90. The van der Waals surface area contributed by atoms with Crippen LogP contribution in [0.5, 0.6) is 0 Å². The van der Waals surface area contributed by atoms with E-state index in [9.17, 15) is 13.2 Å². The summed E-state index contributed by atoms with van der Waals surface area (Å²) in [6.45, 7) is 0.859. The summed E-state index contributed by atoms with van der Waals surface area (Å²) in [4.78, 5) is 1.98. The maximum absolute atomic E-state index is 12.4. The lowest BCUT2D eigenvalue weighted by atomic mass is 10.2. The first-order chi connectivity index (χ1) is 8.45. The molecule has 5 heteroatoms. The molecule has 0 heterocycles. The zero-order valence-electron chi connectivity index (χ0n) is 10.3. The Morgan fingerprint density at radius 3 is 2.17 bits per heavy atom. The van der Waals surface area contributed by atoms with E-state index in [1.54, 1.807) is 0 Å². The highest BCUT2D eigenvalue weighted by atomic mass is 79.9. The zero-order chi connectivity index (χ0) is 13.6. The largest absolute Gasteiger partial charge is 0.416 e. The summed E-state index contributed by atoms with van der Waals surface area (Å²) in [5.41, 5.74) is 0.223. The number of alkyl halides is 4. The monoisotopic (exact) mass is 323 g/mol. The molecule has 0 aliphatic rings. The third kappa shape index (κ3) is 4.88. The molecule has 0 bridgehead atoms. The predicted octanol–water partition coefficient (Wildman–Crippen LogP) is 4.71. The van der Waals surface area contributed by atoms with E-state index in [0.29, 0.717) is 0 Å². The van der Waals surface area contributed by atoms with Gasteiger partial charge in [0.15, 0.2) is 0 Å². The third-order valence-corrected chi connectivity index (χ3v) is 3.32. The van der Waals surface area contributed by atoms with E-state index >= 15 is 0 Å². The highest BCUT2D eigenvalue weighted by molar-refractivity contribution is 9.09. The summed E-state index contributed by atoms with van der Waals surface area (Å²) in [5.74, 6) is 0. The van der Waals surface area contributed by atoms with Crippen LogP contribution < -0.4 is 4.90 Å². The first-order valence-corrected chi connectivity index (χ1v) is 7.01. The van der Waals surface area contributed by atoms with Crippen molar-refractivity contribution < 1.29 is 13.2 Å². The van der Waals surface area contributed by atoms with Gasteiger partial charge >= 0.3 is 6.18 Å². The van der Waals surface area contributed by atoms with Gasteiger partial charge in [-0.3, -0.25) is 0 Å². The topological polar surface area (TPSA) is 3.24 Å². The van der Waals surface area contributed by atoms with E-state index in [2.05, 4.69) is 15.9 Å². The van der Waals surface area contributed by atoms with E-state index in [-0.39, 0.29) is 0 Å². The van der Waals surface area contributed by atoms with Crippen molar-refractivity contribution in [1.29, 1.82) is 0 Å². The van der Waals surface area contributed by atoms with E-state index in [1.165, 1.54) is 12.1 Å². The fraction of sp³-hybridized carbons (Fsp3) is 0.538. The van der Waals surface area contributed by atoms with Gasteiger partial charge in [-0.2, -0.15) is 13.2 Å². The summed E-state index contributed by atoms with van der Waals surface area (Å²) < 4.78 is 37.2. The van der Waals surface area contributed by atoms with Gasteiger partial charge in [0.1, 0.15) is 0 Å². The second kappa shape index (κ2) is 7.02. The third-order valence-electron chi connectivity index (χ3n) is 2.76. The number of hydrogen-bond donors (Lipinski definition) is 0. The van der Waals surface area contributed by atoms with Crippen LogP contribution in [0, 0.1) is 0 Å². The Morgan fingerprint density at radius 1 is 1.06 bits per heavy atom. The molecule has 0 aliphatic heterocycles. The second-order valence-electron chi connectivity index (χ2n) is 4.22. The van der Waals surface area contributed by atoms with Crippen molar-refractivity contribution in [2.24, 2.45) is 0 Å². The molecule has 0 aliphatic carbocycles. The molecule has 0 N–H and O–H groups in total. The van der Waals surface area contributed by atoms with Crippen LogP contribution in [-0.4, -0.2) is 18.9 Å². The molecule has 0 atom stereocenters. The molecule has 102 valence electrons. The van der Waals surface area contributed by atoms with Gasteiger partial charge in [-0.25, -0.2) is 0 Å². The van der Waals surface area contributed by atoms with Gasteiger partial charge in [-0.05, 0) is 37.1 Å². The van der Waals surface area contributed by atoms with E-state index in [1.807, 2.05) is 11.9 Å². The number of anilines is 1. The number of rotatable bonds is 6. The zero-order valence-corrected chi connectivity index (χ0v) is 11.9. The van der Waals surface area contributed by atoms with Crippen molar-refractivity contribution in [1.82, 2.24) is 0 Å². The number of halogens is 4. The Morgan fingerprint density at radius 2 is 1.67 bits per heavy atom. The average molecular weight is 324 g/mol. The fourth-order valence-electron chi connectivity index (χ4n) is 1.65. The van der Waals surface area contributed by atoms with Gasteiger partial charge in [-0.1, -0.05) is 22.4 Å². The van der Waals surface area contributed by atoms with E-state index < -0.39 is 11.7 Å². The number of nitrogens with zero attached hydrogens (tertiary/aromatic N) is 1. The Bertz CT molecular complexity index is 348. The van der Waals surface area contributed by atoms with Crippen LogP contribution in [0.25, 0.3) is 0 Å². The second-order valence-corrected chi connectivity index (χ2v) is 5.01. The van der Waals surface area contributed by atoms with Gasteiger partial charge in [-0.15, -0.1) is 0 Å². The van der Waals surface area contributed by atoms with Crippen LogP contribution >= 0.6 is 15.9 Å². The predicted molar refractivity (Wildman–Crippen MR) is 72.4 cm³/mol. The minimum atomic E-state index is -4.26. The van der Waals surface area contributed by atoms with Crippen LogP contribution in [0.2, 0.25) is 0 Å². The molecular formula is C13H17BrF3N. The molecule has 1 aromatic carbocycles. The van der Waals surface area contributed by atoms with Crippen molar-refractivity contribution in [3.05, 3.63) is 29.8 Å². The summed E-state index contributed by atoms with van der Waals surface area (Å²) >= 11 is 3.37. The highest BCUT2D eigenvalue weighted by Crippen LogP contribution is 2.30. The average Bonchev–Trinajstić information content (AvgIpc) is 2.33. The van der Waals surface area contributed by atoms with Crippen molar-refractivity contribution in [2.75, 3.05) is 23.8 Å². The van der Waals surface area contributed by atoms with Gasteiger partial charge in [0.25, 0.3) is 0 Å². The molecule has 0 amide bonds. The van der Waals surface area contributed by atoms with Gasteiger partial charge < -0.3 is 4.90 Å². The van der Waals surface area contributed by atoms with Crippen molar-refractivity contribution in [2.45, 2.75) is 25.4 Å². The molecule has 0 fully saturated rings. The highest BCUT2D eigenvalue weighted by Gasteiger charge is 2.29. The van der Waals surface area contributed by atoms with Crippen LogP contribution in [0.4, 0.5) is 18.9 Å². The van der Waals surface area contributed by atoms with Gasteiger partial charge in [0, 0.05) is 24.6 Å². The Hall–Kier alpha value is -0.710. The number of benzene rings is 1. The smallest absolute Gasteiger partial charge is 0.375 e. The lowest BCUT2D eigenvalue weighted by molar-refractivity contribution is -0.137. The Balaban J connectivity index is 2.51. The Kier molecular flexibility index (Phi) is 5.99. The molecular weight excluding hydrogens is 307 g/mol. The lowest BCUT2D eigenvalue weighted by Crippen LogP contribution is -2.18. The number of hydrogen-bond acceptors (Lipinski definition) is 1. The maximum Gasteiger partial charge on any atom is 0.416 e. The maximum atomic E-state index is 12.4. The molecule has 1 aromatic rings. The molecule has 0 unspecified atom stereocenters. The standard InChI is InChI=1S/C13H17BrF3N/c1-18(10-4-2-3-9-14)12-7-5-11(6-8-12)13(15,16)17/h5-8H,2-4,9-10H2,1H3. The van der Waals surface area contributed by atoms with Crippen LogP contribution in [0.15, 0.2) is 24.3 Å². The fourth-order valence-corrected chi connectivity index (χ4v) is 2.05. The first kappa shape index (κ1) is 15.3. The molecule has 1 nitrogen and oxygen atoms in total. The van der Waals surface area contributed by atoms with Gasteiger partial charge in [0.05, 0.1) is 5.56 Å². The van der Waals surface area contributed by atoms with Crippen LogP contribution in [0.3, 0.4) is 0 Å². The van der Waals surface area contributed by atoms with Crippen LogP contribution in [0.1, 0.15) is 24.8 Å². The van der Waals surface area contributed by atoms with Gasteiger partial charge in [0.2, 0.25) is 0 Å².